The second kappa shape index (κ2) is 8.79. The van der Waals surface area contributed by atoms with E-state index in [-0.39, 0.29) is 11.4 Å². The Morgan fingerprint density at radius 1 is 1.21 bits per heavy atom. The number of H-pyrrole nitrogens is 1. The molecule has 0 aliphatic carbocycles. The smallest absolute Gasteiger partial charge is 0.331 e. The van der Waals surface area contributed by atoms with Gasteiger partial charge in [-0.1, -0.05) is 23.7 Å². The van der Waals surface area contributed by atoms with Crippen LogP contribution in [0.25, 0.3) is 17.0 Å². The molecule has 7 nitrogen and oxygen atoms in total. The Morgan fingerprint density at radius 2 is 1.97 bits per heavy atom. The second-order valence-electron chi connectivity index (χ2n) is 6.12. The molecule has 1 unspecified atom stereocenters. The van der Waals surface area contributed by atoms with E-state index >= 15 is 0 Å². The van der Waals surface area contributed by atoms with Gasteiger partial charge in [0.1, 0.15) is 0 Å². The Balaban J connectivity index is 1.75. The van der Waals surface area contributed by atoms with Gasteiger partial charge in [-0.25, -0.2) is 9.78 Å². The quantitative estimate of drug-likeness (QED) is 0.485. The highest BCUT2D eigenvalue weighted by atomic mass is 35.5. The summed E-state index contributed by atoms with van der Waals surface area (Å²) in [6.45, 7) is 1.63. The molecule has 1 N–H and O–H groups in total. The molecule has 0 spiro atoms. The van der Waals surface area contributed by atoms with Gasteiger partial charge in [0.05, 0.1) is 30.1 Å². The number of halogens is 1. The lowest BCUT2D eigenvalue weighted by molar-refractivity contribution is -0.142. The number of aromatic nitrogens is 2. The van der Waals surface area contributed by atoms with Crippen LogP contribution in [0.1, 0.15) is 24.4 Å². The van der Waals surface area contributed by atoms with Crippen LogP contribution in [-0.4, -0.2) is 30.2 Å². The van der Waals surface area contributed by atoms with E-state index in [1.54, 1.807) is 49.4 Å². The number of benzene rings is 2. The lowest BCUT2D eigenvalue weighted by atomic mass is 10.2. The van der Waals surface area contributed by atoms with E-state index in [4.69, 9.17) is 25.8 Å². The number of rotatable bonds is 6. The van der Waals surface area contributed by atoms with Crippen molar-refractivity contribution in [2.45, 2.75) is 13.0 Å². The lowest BCUT2D eigenvalue weighted by Crippen LogP contribution is -2.16. The summed E-state index contributed by atoms with van der Waals surface area (Å²) in [7, 11) is 2.98. The summed E-state index contributed by atoms with van der Waals surface area (Å²) in [4.78, 5) is 31.4. The second-order valence-corrected chi connectivity index (χ2v) is 6.53. The maximum Gasteiger partial charge on any atom is 0.331 e. The highest BCUT2D eigenvalue weighted by molar-refractivity contribution is 6.32. The van der Waals surface area contributed by atoms with Gasteiger partial charge in [-0.15, -0.1) is 0 Å². The summed E-state index contributed by atoms with van der Waals surface area (Å²) in [6.07, 6.45) is 2.06. The molecule has 150 valence electrons. The summed E-state index contributed by atoms with van der Waals surface area (Å²) in [5.74, 6) is 0.525. The molecule has 1 atom stereocenters. The minimum Gasteiger partial charge on any atom is -0.493 e. The summed E-state index contributed by atoms with van der Waals surface area (Å²) >= 11 is 6.16. The maximum absolute atomic E-state index is 12.2. The van der Waals surface area contributed by atoms with Crippen molar-refractivity contribution >= 4 is 34.5 Å². The summed E-state index contributed by atoms with van der Waals surface area (Å²) in [5, 5.41) is 0.825. The molecule has 2 aromatic carbocycles. The van der Waals surface area contributed by atoms with Crippen molar-refractivity contribution in [3.63, 3.8) is 0 Å². The number of carbonyl (C=O) groups is 1. The van der Waals surface area contributed by atoms with Gasteiger partial charge in [0, 0.05) is 6.08 Å². The number of hydrogen-bond donors (Lipinski definition) is 1. The van der Waals surface area contributed by atoms with Crippen molar-refractivity contribution in [1.82, 2.24) is 9.97 Å². The van der Waals surface area contributed by atoms with Crippen LogP contribution in [0.2, 0.25) is 5.02 Å². The van der Waals surface area contributed by atoms with E-state index in [2.05, 4.69) is 9.97 Å². The van der Waals surface area contributed by atoms with Crippen LogP contribution < -0.4 is 15.0 Å². The van der Waals surface area contributed by atoms with Gasteiger partial charge in [0.2, 0.25) is 0 Å². The maximum atomic E-state index is 12.2. The molecule has 29 heavy (non-hydrogen) atoms. The van der Waals surface area contributed by atoms with Crippen molar-refractivity contribution < 1.29 is 19.0 Å². The molecular formula is C21H19ClN2O5. The van der Waals surface area contributed by atoms with Gasteiger partial charge < -0.3 is 19.2 Å². The predicted octanol–water partition coefficient (Wildman–Crippen LogP) is 3.91. The van der Waals surface area contributed by atoms with Crippen LogP contribution in [0.4, 0.5) is 0 Å². The van der Waals surface area contributed by atoms with Gasteiger partial charge in [-0.05, 0) is 42.8 Å². The predicted molar refractivity (Wildman–Crippen MR) is 110 cm³/mol. The zero-order valence-corrected chi connectivity index (χ0v) is 16.8. The van der Waals surface area contributed by atoms with Crippen molar-refractivity contribution in [1.29, 1.82) is 0 Å². The van der Waals surface area contributed by atoms with Crippen molar-refractivity contribution in [3.05, 3.63) is 69.2 Å². The topological polar surface area (TPSA) is 90.5 Å². The average molecular weight is 415 g/mol. The van der Waals surface area contributed by atoms with E-state index in [9.17, 15) is 9.59 Å². The molecule has 0 amide bonds. The number of ether oxygens (including phenoxy) is 3. The molecule has 0 radical (unpaired) electrons. The first-order valence-electron chi connectivity index (χ1n) is 8.72. The van der Waals surface area contributed by atoms with Crippen LogP contribution in [-0.2, 0) is 9.53 Å². The third-order valence-corrected chi connectivity index (χ3v) is 4.46. The fourth-order valence-corrected chi connectivity index (χ4v) is 3.06. The van der Waals surface area contributed by atoms with Crippen LogP contribution in [0.3, 0.4) is 0 Å². The normalized spacial score (nSPS) is 12.1. The van der Waals surface area contributed by atoms with E-state index in [0.29, 0.717) is 33.0 Å². The van der Waals surface area contributed by atoms with Crippen molar-refractivity contribution in [2.24, 2.45) is 0 Å². The van der Waals surface area contributed by atoms with Crippen molar-refractivity contribution in [2.75, 3.05) is 14.2 Å². The summed E-state index contributed by atoms with van der Waals surface area (Å²) < 4.78 is 15.8. The zero-order valence-electron chi connectivity index (χ0n) is 16.1. The molecule has 3 rings (SSSR count). The fraction of sp³-hybridized carbons (Fsp3) is 0.190. The number of hydrogen-bond acceptors (Lipinski definition) is 6. The van der Waals surface area contributed by atoms with Crippen LogP contribution in [0.5, 0.6) is 11.5 Å². The van der Waals surface area contributed by atoms with Gasteiger partial charge in [-0.2, -0.15) is 0 Å². The van der Waals surface area contributed by atoms with E-state index in [1.165, 1.54) is 20.3 Å². The first kappa shape index (κ1) is 20.4. The Kier molecular flexibility index (Phi) is 6.19. The molecule has 0 saturated heterocycles. The minimum absolute atomic E-state index is 0.268. The molecular weight excluding hydrogens is 396 g/mol. The monoisotopic (exact) mass is 414 g/mol. The number of methoxy groups -OCH3 is 2. The molecule has 0 aliphatic heterocycles. The fourth-order valence-electron chi connectivity index (χ4n) is 2.76. The Morgan fingerprint density at radius 3 is 2.69 bits per heavy atom. The standard InChI is InChI=1S/C21H19ClN2O5/c1-12(20-23-16-7-5-4-6-14(16)21(26)24-20)29-18(25)9-8-13-10-15(22)19(28-3)17(11-13)27-2/h4-12H,1-3H3,(H,23,24,26)/b9-8+. The third-order valence-electron chi connectivity index (χ3n) is 4.18. The number of esters is 1. The van der Waals surface area contributed by atoms with Crippen LogP contribution in [0, 0.1) is 0 Å². The van der Waals surface area contributed by atoms with E-state index in [0.717, 1.165) is 0 Å². The molecule has 3 aromatic rings. The summed E-state index contributed by atoms with van der Waals surface area (Å²) in [5.41, 5.74) is 0.878. The zero-order chi connectivity index (χ0) is 21.0. The SMILES string of the molecule is COc1cc(/C=C/C(=O)OC(C)c2nc3ccccc3c(=O)[nH]2)cc(Cl)c1OC. The third kappa shape index (κ3) is 4.57. The summed E-state index contributed by atoms with van der Waals surface area (Å²) in [6, 6.07) is 10.3. The molecule has 1 heterocycles. The Hall–Kier alpha value is -3.32. The Labute approximate surface area is 171 Å². The highest BCUT2D eigenvalue weighted by Gasteiger charge is 2.15. The first-order valence-corrected chi connectivity index (χ1v) is 9.10. The minimum atomic E-state index is -0.738. The molecule has 0 fully saturated rings. The van der Waals surface area contributed by atoms with E-state index < -0.39 is 12.1 Å². The lowest BCUT2D eigenvalue weighted by Gasteiger charge is -2.12. The van der Waals surface area contributed by atoms with Gasteiger partial charge in [0.25, 0.3) is 5.56 Å². The molecule has 0 bridgehead atoms. The molecule has 1 aromatic heterocycles. The number of aromatic amines is 1. The number of para-hydroxylation sites is 1. The highest BCUT2D eigenvalue weighted by Crippen LogP contribution is 2.36. The average Bonchev–Trinajstić information content (AvgIpc) is 2.71. The Bertz CT molecular complexity index is 1140. The molecule has 8 heteroatoms. The van der Waals surface area contributed by atoms with Crippen molar-refractivity contribution in [3.8, 4) is 11.5 Å². The van der Waals surface area contributed by atoms with Crippen LogP contribution in [0.15, 0.2) is 47.3 Å². The number of carbonyl (C=O) groups excluding carboxylic acids is 1. The van der Waals surface area contributed by atoms with Crippen LogP contribution >= 0.6 is 11.6 Å². The number of nitrogens with zero attached hydrogens (tertiary/aromatic N) is 1. The number of fused-ring (bicyclic) bond motifs is 1. The first-order chi connectivity index (χ1) is 13.9. The molecule has 0 aliphatic rings. The molecule has 0 saturated carbocycles. The van der Waals surface area contributed by atoms with E-state index in [1.807, 2.05) is 0 Å². The van der Waals surface area contributed by atoms with Gasteiger partial charge in [0.15, 0.2) is 23.4 Å². The number of nitrogens with one attached hydrogen (secondary N) is 1. The van der Waals surface area contributed by atoms with Gasteiger partial charge in [-0.3, -0.25) is 4.79 Å². The van der Waals surface area contributed by atoms with Gasteiger partial charge >= 0.3 is 5.97 Å². The largest absolute Gasteiger partial charge is 0.493 e.